The molecule has 3 rings (SSSR count). The van der Waals surface area contributed by atoms with Crippen molar-refractivity contribution in [3.63, 3.8) is 0 Å². The summed E-state index contributed by atoms with van der Waals surface area (Å²) in [4.78, 5) is 13.3. The van der Waals surface area contributed by atoms with E-state index in [1.165, 1.54) is 11.3 Å². The normalized spacial score (nSPS) is 18.6. The van der Waals surface area contributed by atoms with Crippen LogP contribution in [0.25, 0.3) is 10.9 Å². The molecule has 0 fully saturated rings. The standard InChI is InChI=1S/C17H21BrN2O2/c1-17(2,3)15-14-11-6-5-10(18)9-13(11)19(4)12(14)7-8-20(15)16(21)22/h5-6,9,15H,7-8H2,1-4H3,(H,21,22). The Hall–Kier alpha value is -1.49. The van der Waals surface area contributed by atoms with Crippen LogP contribution in [0.15, 0.2) is 22.7 Å². The van der Waals surface area contributed by atoms with E-state index in [1.54, 1.807) is 4.90 Å². The lowest BCUT2D eigenvalue weighted by Gasteiger charge is -2.42. The summed E-state index contributed by atoms with van der Waals surface area (Å²) in [6, 6.07) is 6.11. The summed E-state index contributed by atoms with van der Waals surface area (Å²) in [6.07, 6.45) is -0.0727. The molecule has 2 heterocycles. The molecular weight excluding hydrogens is 344 g/mol. The first-order valence-electron chi connectivity index (χ1n) is 7.48. The van der Waals surface area contributed by atoms with Gasteiger partial charge in [-0.25, -0.2) is 4.79 Å². The van der Waals surface area contributed by atoms with Gasteiger partial charge in [-0.1, -0.05) is 42.8 Å². The molecular formula is C17H21BrN2O2. The minimum Gasteiger partial charge on any atom is -0.465 e. The zero-order valence-corrected chi connectivity index (χ0v) is 14.9. The van der Waals surface area contributed by atoms with E-state index in [9.17, 15) is 9.90 Å². The van der Waals surface area contributed by atoms with Crippen molar-refractivity contribution < 1.29 is 9.90 Å². The van der Waals surface area contributed by atoms with Gasteiger partial charge < -0.3 is 14.6 Å². The van der Waals surface area contributed by atoms with Gasteiger partial charge >= 0.3 is 6.09 Å². The molecule has 0 spiro atoms. The van der Waals surface area contributed by atoms with Crippen molar-refractivity contribution in [2.45, 2.75) is 33.2 Å². The molecule has 118 valence electrons. The molecule has 1 aliphatic heterocycles. The van der Waals surface area contributed by atoms with Gasteiger partial charge in [0.1, 0.15) is 0 Å². The Kier molecular flexibility index (Phi) is 3.51. The van der Waals surface area contributed by atoms with Crippen LogP contribution in [0, 0.1) is 5.41 Å². The van der Waals surface area contributed by atoms with Crippen LogP contribution in [0.2, 0.25) is 0 Å². The summed E-state index contributed by atoms with van der Waals surface area (Å²) in [7, 11) is 2.07. The van der Waals surface area contributed by atoms with Crippen molar-refractivity contribution in [2.24, 2.45) is 12.5 Å². The van der Waals surface area contributed by atoms with Gasteiger partial charge in [-0.2, -0.15) is 0 Å². The number of rotatable bonds is 0. The number of halogens is 1. The Labute approximate surface area is 138 Å². The predicted octanol–water partition coefficient (Wildman–Crippen LogP) is 4.56. The topological polar surface area (TPSA) is 45.5 Å². The fraction of sp³-hybridized carbons (Fsp3) is 0.471. The zero-order valence-electron chi connectivity index (χ0n) is 13.4. The number of fused-ring (bicyclic) bond motifs is 3. The van der Waals surface area contributed by atoms with Crippen molar-refractivity contribution in [1.82, 2.24) is 9.47 Å². The van der Waals surface area contributed by atoms with Gasteiger partial charge in [-0.15, -0.1) is 0 Å². The first-order chi connectivity index (χ1) is 10.2. The fourth-order valence-electron chi connectivity index (χ4n) is 3.72. The summed E-state index contributed by atoms with van der Waals surface area (Å²) >= 11 is 3.53. The average Bonchev–Trinajstić information content (AvgIpc) is 2.70. The highest BCUT2D eigenvalue weighted by Crippen LogP contribution is 2.46. The maximum absolute atomic E-state index is 11.7. The van der Waals surface area contributed by atoms with Gasteiger partial charge in [0, 0.05) is 46.6 Å². The van der Waals surface area contributed by atoms with Crippen molar-refractivity contribution in [3.05, 3.63) is 33.9 Å². The fourth-order valence-corrected chi connectivity index (χ4v) is 4.07. The van der Waals surface area contributed by atoms with E-state index in [1.807, 2.05) is 6.07 Å². The number of carboxylic acid groups (broad SMARTS) is 1. The second-order valence-corrected chi connectivity index (χ2v) is 7.99. The predicted molar refractivity (Wildman–Crippen MR) is 91.2 cm³/mol. The third kappa shape index (κ3) is 2.22. The minimum absolute atomic E-state index is 0.126. The molecule has 1 aromatic heterocycles. The van der Waals surface area contributed by atoms with Crippen LogP contribution in [-0.2, 0) is 13.5 Å². The van der Waals surface area contributed by atoms with Crippen molar-refractivity contribution in [1.29, 1.82) is 0 Å². The molecule has 0 saturated heterocycles. The summed E-state index contributed by atoms with van der Waals surface area (Å²) in [5, 5.41) is 10.8. The van der Waals surface area contributed by atoms with E-state index < -0.39 is 6.09 Å². The molecule has 1 N–H and O–H groups in total. The summed E-state index contributed by atoms with van der Waals surface area (Å²) in [6.45, 7) is 6.89. The quantitative estimate of drug-likeness (QED) is 0.744. The van der Waals surface area contributed by atoms with E-state index in [0.717, 1.165) is 21.8 Å². The monoisotopic (exact) mass is 364 g/mol. The molecule has 0 bridgehead atoms. The molecule has 1 atom stereocenters. The second kappa shape index (κ2) is 5.01. The van der Waals surface area contributed by atoms with Crippen LogP contribution in [0.3, 0.4) is 0 Å². The SMILES string of the molecule is Cn1c2c(c3ccc(Br)cc31)C(C(C)(C)C)N(C(=O)O)CC2. The van der Waals surface area contributed by atoms with Gasteiger partial charge in [0.2, 0.25) is 0 Å². The minimum atomic E-state index is -0.834. The molecule has 2 aromatic rings. The molecule has 4 nitrogen and oxygen atoms in total. The van der Waals surface area contributed by atoms with Crippen LogP contribution in [-0.4, -0.2) is 27.2 Å². The van der Waals surface area contributed by atoms with E-state index in [-0.39, 0.29) is 11.5 Å². The first-order valence-corrected chi connectivity index (χ1v) is 8.27. The van der Waals surface area contributed by atoms with Gasteiger partial charge in [0.05, 0.1) is 6.04 Å². The lowest BCUT2D eigenvalue weighted by Crippen LogP contribution is -2.44. The Morgan fingerprint density at radius 1 is 1.36 bits per heavy atom. The summed E-state index contributed by atoms with van der Waals surface area (Å²) in [5.74, 6) is 0. The first kappa shape index (κ1) is 15.4. The lowest BCUT2D eigenvalue weighted by molar-refractivity contribution is 0.0760. The Morgan fingerprint density at radius 3 is 2.64 bits per heavy atom. The number of amides is 1. The molecule has 0 saturated carbocycles. The summed E-state index contributed by atoms with van der Waals surface area (Å²) in [5.41, 5.74) is 3.42. The highest BCUT2D eigenvalue weighted by molar-refractivity contribution is 9.10. The van der Waals surface area contributed by atoms with E-state index in [0.29, 0.717) is 6.54 Å². The maximum atomic E-state index is 11.7. The number of aryl methyl sites for hydroxylation is 1. The van der Waals surface area contributed by atoms with E-state index in [2.05, 4.69) is 60.4 Å². The molecule has 1 amide bonds. The maximum Gasteiger partial charge on any atom is 0.407 e. The second-order valence-electron chi connectivity index (χ2n) is 7.08. The van der Waals surface area contributed by atoms with Gasteiger partial charge in [-0.05, 0) is 17.5 Å². The molecule has 22 heavy (non-hydrogen) atoms. The van der Waals surface area contributed by atoms with E-state index in [4.69, 9.17) is 0 Å². The highest BCUT2D eigenvalue weighted by Gasteiger charge is 2.41. The zero-order chi connectivity index (χ0) is 16.2. The van der Waals surface area contributed by atoms with Crippen molar-refractivity contribution >= 4 is 32.9 Å². The van der Waals surface area contributed by atoms with Gasteiger partial charge in [0.15, 0.2) is 0 Å². The largest absolute Gasteiger partial charge is 0.465 e. The number of hydrogen-bond donors (Lipinski definition) is 1. The number of benzene rings is 1. The Balaban J connectivity index is 2.33. The van der Waals surface area contributed by atoms with Crippen LogP contribution < -0.4 is 0 Å². The number of carbonyl (C=O) groups is 1. The van der Waals surface area contributed by atoms with Crippen LogP contribution >= 0.6 is 15.9 Å². The number of nitrogens with zero attached hydrogens (tertiary/aromatic N) is 2. The molecule has 1 unspecified atom stereocenters. The van der Waals surface area contributed by atoms with Gasteiger partial charge in [-0.3, -0.25) is 0 Å². The Morgan fingerprint density at radius 2 is 2.05 bits per heavy atom. The molecule has 1 aromatic carbocycles. The number of aromatic nitrogens is 1. The third-order valence-electron chi connectivity index (χ3n) is 4.57. The molecule has 0 radical (unpaired) electrons. The summed E-state index contributed by atoms with van der Waals surface area (Å²) < 4.78 is 3.26. The third-order valence-corrected chi connectivity index (χ3v) is 5.06. The van der Waals surface area contributed by atoms with Crippen LogP contribution in [0.1, 0.15) is 38.1 Å². The van der Waals surface area contributed by atoms with Crippen molar-refractivity contribution in [3.8, 4) is 0 Å². The molecule has 1 aliphatic rings. The molecule has 0 aliphatic carbocycles. The highest BCUT2D eigenvalue weighted by atomic mass is 79.9. The number of hydrogen-bond acceptors (Lipinski definition) is 1. The van der Waals surface area contributed by atoms with Gasteiger partial charge in [0.25, 0.3) is 0 Å². The van der Waals surface area contributed by atoms with Crippen LogP contribution in [0.4, 0.5) is 4.79 Å². The van der Waals surface area contributed by atoms with Crippen molar-refractivity contribution in [2.75, 3.05) is 6.54 Å². The van der Waals surface area contributed by atoms with E-state index >= 15 is 0 Å². The van der Waals surface area contributed by atoms with Crippen LogP contribution in [0.5, 0.6) is 0 Å². The smallest absolute Gasteiger partial charge is 0.407 e. The lowest BCUT2D eigenvalue weighted by atomic mass is 9.78. The average molecular weight is 365 g/mol. The molecule has 5 heteroatoms. The Bertz CT molecular complexity index is 758.